The number of aromatic amines is 1. The molecular formula is C15H20N4S. The fraction of sp³-hybridized carbons (Fsp3) is 0.467. The maximum Gasteiger partial charge on any atom is 0.183 e. The third-order valence-electron chi connectivity index (χ3n) is 3.71. The summed E-state index contributed by atoms with van der Waals surface area (Å²) in [7, 11) is 0. The number of thioether (sulfide) groups is 1. The molecule has 0 radical (unpaired) electrons. The number of para-hydroxylation sites is 1. The van der Waals surface area contributed by atoms with Crippen molar-refractivity contribution in [3.63, 3.8) is 0 Å². The summed E-state index contributed by atoms with van der Waals surface area (Å²) in [5, 5.41) is 11.5. The molecule has 0 spiro atoms. The van der Waals surface area contributed by atoms with Crippen molar-refractivity contribution in [2.45, 2.75) is 38.0 Å². The molecule has 2 N–H and O–H groups in total. The molecule has 1 fully saturated rings. The second-order valence-electron chi connectivity index (χ2n) is 5.26. The third-order valence-corrected chi connectivity index (χ3v) is 5.09. The van der Waals surface area contributed by atoms with E-state index >= 15 is 0 Å². The number of benzene rings is 1. The van der Waals surface area contributed by atoms with Crippen molar-refractivity contribution in [2.24, 2.45) is 0 Å². The number of nitrogens with zero attached hydrogens (tertiary/aromatic N) is 2. The number of H-pyrrole nitrogens is 1. The molecular weight excluding hydrogens is 268 g/mol. The van der Waals surface area contributed by atoms with E-state index in [1.54, 1.807) is 0 Å². The van der Waals surface area contributed by atoms with Crippen LogP contribution in [0.5, 0.6) is 0 Å². The molecule has 0 bridgehead atoms. The van der Waals surface area contributed by atoms with Crippen molar-refractivity contribution < 1.29 is 0 Å². The molecule has 0 saturated carbocycles. The predicted octanol–water partition coefficient (Wildman–Crippen LogP) is 3.48. The molecule has 5 heteroatoms. The molecule has 4 nitrogen and oxygen atoms in total. The Kier molecular flexibility index (Phi) is 3.96. The summed E-state index contributed by atoms with van der Waals surface area (Å²) in [6, 6.07) is 8.81. The first-order valence-corrected chi connectivity index (χ1v) is 8.15. The van der Waals surface area contributed by atoms with Crippen molar-refractivity contribution in [3.05, 3.63) is 30.1 Å². The van der Waals surface area contributed by atoms with E-state index in [4.69, 9.17) is 0 Å². The average Bonchev–Trinajstić information content (AvgIpc) is 2.88. The molecule has 2 aromatic rings. The maximum atomic E-state index is 4.44. The van der Waals surface area contributed by atoms with Crippen molar-refractivity contribution in [1.29, 1.82) is 0 Å². The number of anilines is 1. The lowest BCUT2D eigenvalue weighted by Gasteiger charge is -2.30. The quantitative estimate of drug-likeness (QED) is 0.908. The minimum absolute atomic E-state index is 0.523. The predicted molar refractivity (Wildman–Crippen MR) is 85.1 cm³/mol. The van der Waals surface area contributed by atoms with Crippen LogP contribution in [0.3, 0.4) is 0 Å². The number of hydrogen-bond donors (Lipinski definition) is 2. The summed E-state index contributed by atoms with van der Waals surface area (Å²) in [4.78, 5) is 4.44. The van der Waals surface area contributed by atoms with Gasteiger partial charge in [0.2, 0.25) is 0 Å². The second kappa shape index (κ2) is 5.87. The standard InChI is InChI=1S/C15H20N4S/c1-10-13(8-5-9-20-10)17-14-7-4-3-6-12(14)15-16-11(2)18-19-15/h3-4,6-7,10,13,17H,5,8-9H2,1-2H3,(H,16,18,19). The molecule has 1 aromatic carbocycles. The van der Waals surface area contributed by atoms with Crippen LogP contribution in [0.15, 0.2) is 24.3 Å². The van der Waals surface area contributed by atoms with E-state index in [1.807, 2.05) is 13.0 Å². The summed E-state index contributed by atoms with van der Waals surface area (Å²) < 4.78 is 0. The van der Waals surface area contributed by atoms with Crippen LogP contribution in [0.25, 0.3) is 11.4 Å². The first kappa shape index (κ1) is 13.5. The van der Waals surface area contributed by atoms with Crippen LogP contribution in [-0.2, 0) is 0 Å². The topological polar surface area (TPSA) is 53.6 Å². The molecule has 2 heterocycles. The summed E-state index contributed by atoms with van der Waals surface area (Å²) >= 11 is 2.05. The minimum Gasteiger partial charge on any atom is -0.381 e. The van der Waals surface area contributed by atoms with E-state index in [9.17, 15) is 0 Å². The Morgan fingerprint density at radius 3 is 2.95 bits per heavy atom. The average molecular weight is 288 g/mol. The Morgan fingerprint density at radius 1 is 1.35 bits per heavy atom. The number of aryl methyl sites for hydroxylation is 1. The Labute approximate surface area is 123 Å². The van der Waals surface area contributed by atoms with Crippen LogP contribution >= 0.6 is 11.8 Å². The van der Waals surface area contributed by atoms with Gasteiger partial charge in [0.15, 0.2) is 5.82 Å². The van der Waals surface area contributed by atoms with Crippen molar-refractivity contribution >= 4 is 17.4 Å². The maximum absolute atomic E-state index is 4.44. The molecule has 1 aromatic heterocycles. The summed E-state index contributed by atoms with van der Waals surface area (Å²) in [6.07, 6.45) is 2.52. The molecule has 1 saturated heterocycles. The van der Waals surface area contributed by atoms with Crippen LogP contribution < -0.4 is 5.32 Å². The van der Waals surface area contributed by atoms with E-state index in [2.05, 4.69) is 57.4 Å². The zero-order valence-electron chi connectivity index (χ0n) is 11.9. The zero-order valence-corrected chi connectivity index (χ0v) is 12.7. The van der Waals surface area contributed by atoms with Gasteiger partial charge in [-0.15, -0.1) is 0 Å². The van der Waals surface area contributed by atoms with Gasteiger partial charge in [-0.1, -0.05) is 19.1 Å². The molecule has 0 aliphatic carbocycles. The van der Waals surface area contributed by atoms with E-state index in [0.717, 1.165) is 22.9 Å². The van der Waals surface area contributed by atoms with Gasteiger partial charge in [0, 0.05) is 22.5 Å². The van der Waals surface area contributed by atoms with E-state index in [1.165, 1.54) is 18.6 Å². The first-order chi connectivity index (χ1) is 9.74. The highest BCUT2D eigenvalue weighted by atomic mass is 32.2. The summed E-state index contributed by atoms with van der Waals surface area (Å²) in [5.41, 5.74) is 2.20. The van der Waals surface area contributed by atoms with E-state index < -0.39 is 0 Å². The Bertz CT molecular complexity index is 581. The molecule has 20 heavy (non-hydrogen) atoms. The molecule has 0 amide bonds. The fourth-order valence-corrected chi connectivity index (χ4v) is 3.72. The number of rotatable bonds is 3. The first-order valence-electron chi connectivity index (χ1n) is 7.10. The minimum atomic E-state index is 0.523. The smallest absolute Gasteiger partial charge is 0.183 e. The van der Waals surface area contributed by atoms with Gasteiger partial charge in [-0.3, -0.25) is 5.10 Å². The molecule has 1 aliphatic heterocycles. The van der Waals surface area contributed by atoms with Gasteiger partial charge in [-0.05, 0) is 37.7 Å². The lowest BCUT2D eigenvalue weighted by molar-refractivity contribution is 0.617. The number of nitrogens with one attached hydrogen (secondary N) is 2. The largest absolute Gasteiger partial charge is 0.381 e. The molecule has 3 rings (SSSR count). The van der Waals surface area contributed by atoms with Crippen LogP contribution in [0.4, 0.5) is 5.69 Å². The van der Waals surface area contributed by atoms with Gasteiger partial charge < -0.3 is 5.32 Å². The van der Waals surface area contributed by atoms with Crippen LogP contribution in [0.2, 0.25) is 0 Å². The molecule has 106 valence electrons. The Morgan fingerprint density at radius 2 is 2.20 bits per heavy atom. The second-order valence-corrected chi connectivity index (χ2v) is 6.74. The summed E-state index contributed by atoms with van der Waals surface area (Å²) in [5.74, 6) is 2.89. The van der Waals surface area contributed by atoms with Gasteiger partial charge in [-0.2, -0.15) is 16.9 Å². The zero-order chi connectivity index (χ0) is 13.9. The molecule has 1 aliphatic rings. The van der Waals surface area contributed by atoms with E-state index in [0.29, 0.717) is 11.3 Å². The van der Waals surface area contributed by atoms with Gasteiger partial charge in [0.1, 0.15) is 5.82 Å². The molecule has 2 unspecified atom stereocenters. The highest BCUT2D eigenvalue weighted by Gasteiger charge is 2.22. The number of aromatic nitrogens is 3. The van der Waals surface area contributed by atoms with Gasteiger partial charge in [0.05, 0.1) is 0 Å². The van der Waals surface area contributed by atoms with Gasteiger partial charge >= 0.3 is 0 Å². The monoisotopic (exact) mass is 288 g/mol. The van der Waals surface area contributed by atoms with E-state index in [-0.39, 0.29) is 0 Å². The molecule has 2 atom stereocenters. The highest BCUT2D eigenvalue weighted by Crippen LogP contribution is 2.31. The van der Waals surface area contributed by atoms with Crippen molar-refractivity contribution in [2.75, 3.05) is 11.1 Å². The SMILES string of the molecule is Cc1nc(-c2ccccc2NC2CCCSC2C)n[nH]1. The van der Waals surface area contributed by atoms with Crippen LogP contribution in [-0.4, -0.2) is 32.2 Å². The van der Waals surface area contributed by atoms with Crippen molar-refractivity contribution in [1.82, 2.24) is 15.2 Å². The third kappa shape index (κ3) is 2.82. The van der Waals surface area contributed by atoms with Gasteiger partial charge in [0.25, 0.3) is 0 Å². The normalized spacial score (nSPS) is 22.7. The lowest BCUT2D eigenvalue weighted by Crippen LogP contribution is -2.32. The Hall–Kier alpha value is -1.49. The fourth-order valence-electron chi connectivity index (χ4n) is 2.58. The number of hydrogen-bond acceptors (Lipinski definition) is 4. The Balaban J connectivity index is 1.86. The van der Waals surface area contributed by atoms with Crippen LogP contribution in [0, 0.1) is 6.92 Å². The van der Waals surface area contributed by atoms with Crippen molar-refractivity contribution in [3.8, 4) is 11.4 Å². The summed E-state index contributed by atoms with van der Waals surface area (Å²) in [6.45, 7) is 4.23. The van der Waals surface area contributed by atoms with Gasteiger partial charge in [-0.25, -0.2) is 4.98 Å². The van der Waals surface area contributed by atoms with Crippen LogP contribution in [0.1, 0.15) is 25.6 Å². The highest BCUT2D eigenvalue weighted by molar-refractivity contribution is 8.00. The lowest BCUT2D eigenvalue weighted by atomic mass is 10.1.